The minimum Gasteiger partial charge on any atom is -0.416 e. The fourth-order valence-corrected chi connectivity index (χ4v) is 12.4. The normalized spacial score (nSPS) is 12.6. The van der Waals surface area contributed by atoms with Crippen molar-refractivity contribution in [3.05, 3.63) is 72.3 Å². The molecule has 0 atom stereocenters. The first kappa shape index (κ1) is 32.6. The fourth-order valence-electron chi connectivity index (χ4n) is 6.12. The van der Waals surface area contributed by atoms with Crippen LogP contribution in [0, 0.1) is 0 Å². The summed E-state index contributed by atoms with van der Waals surface area (Å²) in [6, 6.07) is 22.2. The lowest BCUT2D eigenvalue weighted by molar-refractivity contribution is 0.281. The summed E-state index contributed by atoms with van der Waals surface area (Å²) >= 11 is 1.56. The van der Waals surface area contributed by atoms with Gasteiger partial charge in [-0.25, -0.2) is 4.98 Å². The largest absolute Gasteiger partial charge is 0.416 e. The number of nitrogens with zero attached hydrogens (tertiary/aromatic N) is 6. The Morgan fingerprint density at radius 2 is 1.23 bits per heavy atom. The minimum absolute atomic E-state index is 0.589. The standard InChI is InChI=1S/C34H46N6OSSi/c1-9-40(10-2)31-18-16-30(17-19-31)37-36-28-12-14-29(15-13-28)38-39-34-35-32-20-11-27(23-33(32)42-34)21-22-41-43(24(3)4,25(5)6)26(7)8/h11-20,23-26H,9-10,21-22H2,1-8H3. The highest BCUT2D eigenvalue weighted by Gasteiger charge is 2.44. The van der Waals surface area contributed by atoms with Crippen LogP contribution in [-0.4, -0.2) is 33.0 Å². The van der Waals surface area contributed by atoms with Gasteiger partial charge in [-0.1, -0.05) is 58.9 Å². The topological polar surface area (TPSA) is 74.8 Å². The average molecular weight is 615 g/mol. The zero-order chi connectivity index (χ0) is 31.0. The van der Waals surface area contributed by atoms with Crippen LogP contribution in [0.1, 0.15) is 61.0 Å². The highest BCUT2D eigenvalue weighted by atomic mass is 32.1. The van der Waals surface area contributed by atoms with Gasteiger partial charge in [0.1, 0.15) is 0 Å². The van der Waals surface area contributed by atoms with Crippen molar-refractivity contribution in [3.8, 4) is 0 Å². The summed E-state index contributed by atoms with van der Waals surface area (Å²) in [6.07, 6.45) is 0.900. The van der Waals surface area contributed by atoms with Gasteiger partial charge in [0.05, 0.1) is 27.3 Å². The predicted octanol–water partition coefficient (Wildman–Crippen LogP) is 11.7. The molecule has 0 amide bonds. The molecule has 0 aliphatic heterocycles. The smallest absolute Gasteiger partial charge is 0.231 e. The maximum absolute atomic E-state index is 6.77. The molecule has 0 radical (unpaired) electrons. The van der Waals surface area contributed by atoms with E-state index < -0.39 is 8.32 Å². The number of hydrogen-bond acceptors (Lipinski definition) is 8. The summed E-state index contributed by atoms with van der Waals surface area (Å²) < 4.78 is 7.89. The molecule has 0 unspecified atom stereocenters. The molecule has 43 heavy (non-hydrogen) atoms. The van der Waals surface area contributed by atoms with Crippen molar-refractivity contribution in [3.63, 3.8) is 0 Å². The highest BCUT2D eigenvalue weighted by Crippen LogP contribution is 2.42. The van der Waals surface area contributed by atoms with Gasteiger partial charge in [0.15, 0.2) is 8.32 Å². The number of hydrogen-bond donors (Lipinski definition) is 0. The predicted molar refractivity (Wildman–Crippen MR) is 185 cm³/mol. The van der Waals surface area contributed by atoms with Gasteiger partial charge in [-0.2, -0.15) is 10.2 Å². The SMILES string of the molecule is CCN(CC)c1ccc(N=Nc2ccc(N=Nc3nc4ccc(CCO[Si](C(C)C)(C(C)C)C(C)C)cc4s3)cc2)cc1. The van der Waals surface area contributed by atoms with Crippen molar-refractivity contribution in [1.82, 2.24) is 4.98 Å². The van der Waals surface area contributed by atoms with Crippen LogP contribution in [0.4, 0.5) is 27.9 Å². The summed E-state index contributed by atoms with van der Waals surface area (Å²) in [5, 5.41) is 18.2. The lowest BCUT2D eigenvalue weighted by atomic mass is 10.1. The number of rotatable bonds is 14. The number of anilines is 1. The van der Waals surface area contributed by atoms with Crippen LogP contribution in [0.2, 0.25) is 16.6 Å². The van der Waals surface area contributed by atoms with E-state index in [-0.39, 0.29) is 0 Å². The molecule has 228 valence electrons. The fraction of sp³-hybridized carbons (Fsp3) is 0.441. The molecule has 0 saturated heterocycles. The zero-order valence-corrected chi connectivity index (χ0v) is 28.7. The van der Waals surface area contributed by atoms with Gasteiger partial charge in [0.25, 0.3) is 0 Å². The van der Waals surface area contributed by atoms with Crippen LogP contribution in [0.15, 0.2) is 87.2 Å². The average Bonchev–Trinajstić information content (AvgIpc) is 3.41. The van der Waals surface area contributed by atoms with E-state index in [1.165, 1.54) is 11.3 Å². The van der Waals surface area contributed by atoms with Gasteiger partial charge in [-0.05, 0) is 103 Å². The van der Waals surface area contributed by atoms with E-state index in [0.29, 0.717) is 21.8 Å². The number of benzene rings is 3. The van der Waals surface area contributed by atoms with Crippen molar-refractivity contribution in [2.24, 2.45) is 20.5 Å². The van der Waals surface area contributed by atoms with Gasteiger partial charge < -0.3 is 9.33 Å². The Bertz CT molecular complexity index is 1490. The Balaban J connectivity index is 1.36. The maximum atomic E-state index is 6.77. The third kappa shape index (κ3) is 8.02. The molecule has 0 bridgehead atoms. The Morgan fingerprint density at radius 1 is 0.721 bits per heavy atom. The number of azo groups is 2. The van der Waals surface area contributed by atoms with E-state index in [0.717, 1.165) is 53.4 Å². The summed E-state index contributed by atoms with van der Waals surface area (Å²) in [7, 11) is -1.86. The van der Waals surface area contributed by atoms with Crippen LogP contribution >= 0.6 is 11.3 Å². The lowest BCUT2D eigenvalue weighted by Gasteiger charge is -2.42. The Labute approximate surface area is 262 Å². The molecular formula is C34H46N6OSSi. The van der Waals surface area contributed by atoms with Gasteiger partial charge in [-0.3, -0.25) is 0 Å². The first-order chi connectivity index (χ1) is 20.7. The van der Waals surface area contributed by atoms with Crippen LogP contribution in [-0.2, 0) is 10.8 Å². The molecule has 1 heterocycles. The summed E-state index contributed by atoms with van der Waals surface area (Å²) in [5.41, 5.74) is 7.50. The van der Waals surface area contributed by atoms with Crippen LogP contribution in [0.3, 0.4) is 0 Å². The summed E-state index contributed by atoms with van der Waals surface area (Å²) in [5.74, 6) is 0. The second-order valence-corrected chi connectivity index (χ2v) is 18.3. The van der Waals surface area contributed by atoms with E-state index in [4.69, 9.17) is 4.43 Å². The molecule has 0 fully saturated rings. The van der Waals surface area contributed by atoms with E-state index in [1.807, 2.05) is 36.4 Å². The van der Waals surface area contributed by atoms with Gasteiger partial charge >= 0.3 is 0 Å². The summed E-state index contributed by atoms with van der Waals surface area (Å²) in [4.78, 5) is 6.96. The first-order valence-corrected chi connectivity index (χ1v) is 18.4. The molecule has 0 spiro atoms. The molecular weight excluding hydrogens is 569 g/mol. The van der Waals surface area contributed by atoms with E-state index >= 15 is 0 Å². The Hall–Kier alpha value is -3.27. The third-order valence-corrected chi connectivity index (χ3v) is 15.3. The van der Waals surface area contributed by atoms with Crippen molar-refractivity contribution in [1.29, 1.82) is 0 Å². The van der Waals surface area contributed by atoms with Crippen LogP contribution in [0.5, 0.6) is 0 Å². The van der Waals surface area contributed by atoms with Crippen molar-refractivity contribution in [2.45, 2.75) is 78.4 Å². The molecule has 1 aromatic heterocycles. The van der Waals surface area contributed by atoms with Gasteiger partial charge in [-0.15, -0.1) is 10.2 Å². The number of fused-ring (bicyclic) bond motifs is 1. The molecule has 7 nitrogen and oxygen atoms in total. The Kier molecular flexibility index (Phi) is 11.3. The quantitative estimate of drug-likeness (QED) is 0.105. The van der Waals surface area contributed by atoms with E-state index in [1.54, 1.807) is 11.3 Å². The monoisotopic (exact) mass is 614 g/mol. The molecule has 0 aliphatic carbocycles. The highest BCUT2D eigenvalue weighted by molar-refractivity contribution is 7.21. The van der Waals surface area contributed by atoms with Crippen molar-refractivity contribution >= 4 is 57.8 Å². The third-order valence-electron chi connectivity index (χ3n) is 8.25. The Morgan fingerprint density at radius 3 is 1.74 bits per heavy atom. The first-order valence-electron chi connectivity index (χ1n) is 15.5. The molecule has 3 aromatic carbocycles. The van der Waals surface area contributed by atoms with Crippen LogP contribution in [0.25, 0.3) is 10.2 Å². The van der Waals surface area contributed by atoms with E-state index in [2.05, 4.69) is 116 Å². The molecule has 0 N–H and O–H groups in total. The molecule has 0 aliphatic rings. The second-order valence-electron chi connectivity index (χ2n) is 11.8. The molecule has 9 heteroatoms. The second kappa shape index (κ2) is 14.9. The zero-order valence-electron chi connectivity index (χ0n) is 26.9. The van der Waals surface area contributed by atoms with Crippen molar-refractivity contribution < 1.29 is 4.43 Å². The van der Waals surface area contributed by atoms with E-state index in [9.17, 15) is 0 Å². The maximum Gasteiger partial charge on any atom is 0.231 e. The minimum atomic E-state index is -1.86. The molecule has 0 saturated carbocycles. The van der Waals surface area contributed by atoms with Crippen molar-refractivity contribution in [2.75, 3.05) is 24.6 Å². The lowest BCUT2D eigenvalue weighted by Crippen LogP contribution is -2.48. The van der Waals surface area contributed by atoms with Crippen LogP contribution < -0.4 is 4.90 Å². The molecule has 4 aromatic rings. The summed E-state index contributed by atoms with van der Waals surface area (Å²) in [6.45, 7) is 21.0. The number of thiazole rings is 1. The number of aromatic nitrogens is 1. The molecule has 4 rings (SSSR count). The van der Waals surface area contributed by atoms with Gasteiger partial charge in [0.2, 0.25) is 5.13 Å². The van der Waals surface area contributed by atoms with Gasteiger partial charge in [0, 0.05) is 25.4 Å².